The highest BCUT2D eigenvalue weighted by Gasteiger charge is 2.51. The SMILES string of the molecule is Cc1cc2cc(B3OC(C)(C)C(C)(C)O3)ccn2n1. The fraction of sp³-hybridized carbons (Fsp3) is 0.500. The van der Waals surface area contributed by atoms with Crippen molar-refractivity contribution in [1.82, 2.24) is 9.61 Å². The second kappa shape index (κ2) is 3.84. The van der Waals surface area contributed by atoms with E-state index in [0.717, 1.165) is 16.7 Å². The summed E-state index contributed by atoms with van der Waals surface area (Å²) in [6.07, 6.45) is 1.95. The van der Waals surface area contributed by atoms with Gasteiger partial charge in [0.2, 0.25) is 0 Å². The number of aromatic nitrogens is 2. The van der Waals surface area contributed by atoms with E-state index in [1.54, 1.807) is 0 Å². The minimum absolute atomic E-state index is 0.306. The molecule has 0 N–H and O–H groups in total. The monoisotopic (exact) mass is 258 g/mol. The fourth-order valence-electron chi connectivity index (χ4n) is 2.27. The first-order chi connectivity index (χ1) is 8.78. The van der Waals surface area contributed by atoms with Crippen molar-refractivity contribution in [2.24, 2.45) is 0 Å². The molecular weight excluding hydrogens is 239 g/mol. The van der Waals surface area contributed by atoms with Crippen molar-refractivity contribution in [3.63, 3.8) is 0 Å². The first-order valence-corrected chi connectivity index (χ1v) is 6.60. The molecule has 3 rings (SSSR count). The van der Waals surface area contributed by atoms with E-state index in [-0.39, 0.29) is 18.3 Å². The quantitative estimate of drug-likeness (QED) is 0.733. The summed E-state index contributed by atoms with van der Waals surface area (Å²) in [6.45, 7) is 10.2. The maximum absolute atomic E-state index is 6.05. The van der Waals surface area contributed by atoms with E-state index >= 15 is 0 Å². The van der Waals surface area contributed by atoms with Crippen LogP contribution in [0.5, 0.6) is 0 Å². The molecule has 1 aliphatic rings. The highest BCUT2D eigenvalue weighted by atomic mass is 16.7. The molecule has 0 unspecified atom stereocenters. The number of hydrogen-bond donors (Lipinski definition) is 0. The largest absolute Gasteiger partial charge is 0.494 e. The lowest BCUT2D eigenvalue weighted by molar-refractivity contribution is 0.00578. The molecule has 1 aliphatic heterocycles. The van der Waals surface area contributed by atoms with Crippen LogP contribution in [0.1, 0.15) is 33.4 Å². The molecule has 0 aromatic carbocycles. The Balaban J connectivity index is 1.97. The topological polar surface area (TPSA) is 35.8 Å². The van der Waals surface area contributed by atoms with Crippen LogP contribution in [0, 0.1) is 6.92 Å². The number of hydrogen-bond acceptors (Lipinski definition) is 3. The molecule has 0 atom stereocenters. The third kappa shape index (κ3) is 1.97. The van der Waals surface area contributed by atoms with Gasteiger partial charge in [-0.2, -0.15) is 5.10 Å². The summed E-state index contributed by atoms with van der Waals surface area (Å²) in [5.74, 6) is 0. The summed E-state index contributed by atoms with van der Waals surface area (Å²) in [4.78, 5) is 0. The van der Waals surface area contributed by atoms with Crippen molar-refractivity contribution in [2.75, 3.05) is 0 Å². The second-order valence-electron chi connectivity index (χ2n) is 6.20. The summed E-state index contributed by atoms with van der Waals surface area (Å²) in [5.41, 5.74) is 2.49. The van der Waals surface area contributed by atoms with Crippen LogP contribution >= 0.6 is 0 Å². The van der Waals surface area contributed by atoms with E-state index in [4.69, 9.17) is 9.31 Å². The zero-order valence-electron chi connectivity index (χ0n) is 12.1. The van der Waals surface area contributed by atoms with Gasteiger partial charge in [0.1, 0.15) is 0 Å². The maximum Gasteiger partial charge on any atom is 0.494 e. The minimum atomic E-state index is -0.315. The molecule has 19 heavy (non-hydrogen) atoms. The number of pyridine rings is 1. The summed E-state index contributed by atoms with van der Waals surface area (Å²) < 4.78 is 14.0. The van der Waals surface area contributed by atoms with E-state index in [2.05, 4.69) is 44.9 Å². The van der Waals surface area contributed by atoms with Gasteiger partial charge >= 0.3 is 7.12 Å². The highest BCUT2D eigenvalue weighted by Crippen LogP contribution is 2.36. The molecule has 2 aromatic rings. The Morgan fingerprint density at radius 1 is 1.11 bits per heavy atom. The molecule has 0 spiro atoms. The third-order valence-electron chi connectivity index (χ3n) is 4.13. The summed E-state index contributed by atoms with van der Waals surface area (Å²) in [5, 5.41) is 4.37. The molecule has 4 nitrogen and oxygen atoms in total. The lowest BCUT2D eigenvalue weighted by Gasteiger charge is -2.32. The Kier molecular flexibility index (Phi) is 2.56. The van der Waals surface area contributed by atoms with E-state index in [1.165, 1.54) is 0 Å². The van der Waals surface area contributed by atoms with Gasteiger partial charge in [0.05, 0.1) is 22.4 Å². The highest BCUT2D eigenvalue weighted by molar-refractivity contribution is 6.62. The van der Waals surface area contributed by atoms with Crippen molar-refractivity contribution in [3.05, 3.63) is 30.1 Å². The molecule has 0 bridgehead atoms. The molecule has 5 heteroatoms. The number of aryl methyl sites for hydroxylation is 1. The van der Waals surface area contributed by atoms with Gasteiger partial charge in [0.25, 0.3) is 0 Å². The van der Waals surface area contributed by atoms with Crippen LogP contribution in [-0.2, 0) is 9.31 Å². The average molecular weight is 258 g/mol. The number of nitrogens with zero attached hydrogens (tertiary/aromatic N) is 2. The molecule has 0 amide bonds. The van der Waals surface area contributed by atoms with E-state index in [0.29, 0.717) is 0 Å². The van der Waals surface area contributed by atoms with Crippen LogP contribution in [0.15, 0.2) is 24.4 Å². The van der Waals surface area contributed by atoms with Gasteiger partial charge in [-0.25, -0.2) is 4.52 Å². The minimum Gasteiger partial charge on any atom is -0.399 e. The van der Waals surface area contributed by atoms with E-state index < -0.39 is 0 Å². The van der Waals surface area contributed by atoms with E-state index in [9.17, 15) is 0 Å². The Labute approximate surface area is 113 Å². The van der Waals surface area contributed by atoms with Crippen LogP contribution in [0.25, 0.3) is 5.52 Å². The van der Waals surface area contributed by atoms with Gasteiger partial charge in [0.15, 0.2) is 0 Å². The summed E-state index contributed by atoms with van der Waals surface area (Å²) in [7, 11) is -0.315. The van der Waals surface area contributed by atoms with Gasteiger partial charge in [-0.1, -0.05) is 0 Å². The van der Waals surface area contributed by atoms with Crippen LogP contribution < -0.4 is 5.46 Å². The fourth-order valence-corrected chi connectivity index (χ4v) is 2.27. The van der Waals surface area contributed by atoms with Crippen molar-refractivity contribution in [3.8, 4) is 0 Å². The second-order valence-corrected chi connectivity index (χ2v) is 6.20. The first-order valence-electron chi connectivity index (χ1n) is 6.60. The van der Waals surface area contributed by atoms with Crippen LogP contribution in [-0.4, -0.2) is 27.9 Å². The Morgan fingerprint density at radius 2 is 1.74 bits per heavy atom. The Bertz CT molecular complexity index is 617. The first kappa shape index (κ1) is 12.7. The normalized spacial score (nSPS) is 21.2. The van der Waals surface area contributed by atoms with Gasteiger partial charge in [0, 0.05) is 6.20 Å². The van der Waals surface area contributed by atoms with Gasteiger partial charge < -0.3 is 9.31 Å². The van der Waals surface area contributed by atoms with Gasteiger partial charge in [-0.15, -0.1) is 0 Å². The molecule has 100 valence electrons. The van der Waals surface area contributed by atoms with Crippen LogP contribution in [0.4, 0.5) is 0 Å². The van der Waals surface area contributed by atoms with Crippen LogP contribution in [0.3, 0.4) is 0 Å². The van der Waals surface area contributed by atoms with Crippen molar-refractivity contribution < 1.29 is 9.31 Å². The maximum atomic E-state index is 6.05. The zero-order valence-corrected chi connectivity index (χ0v) is 12.1. The Hall–Kier alpha value is -1.33. The van der Waals surface area contributed by atoms with Gasteiger partial charge in [-0.05, 0) is 58.3 Å². The standard InChI is InChI=1S/C14H19BN2O2/c1-10-8-12-9-11(6-7-17(12)16-10)15-18-13(2,3)14(4,5)19-15/h6-9H,1-5H3. The lowest BCUT2D eigenvalue weighted by Crippen LogP contribution is -2.41. The summed E-state index contributed by atoms with van der Waals surface area (Å²) >= 11 is 0. The van der Waals surface area contributed by atoms with Crippen LogP contribution in [0.2, 0.25) is 0 Å². The smallest absolute Gasteiger partial charge is 0.399 e. The number of fused-ring (bicyclic) bond motifs is 1. The lowest BCUT2D eigenvalue weighted by atomic mass is 9.79. The molecule has 1 saturated heterocycles. The van der Waals surface area contributed by atoms with Crippen molar-refractivity contribution in [2.45, 2.75) is 45.8 Å². The molecule has 0 radical (unpaired) electrons. The molecule has 3 heterocycles. The van der Waals surface area contributed by atoms with E-state index in [1.807, 2.05) is 23.7 Å². The Morgan fingerprint density at radius 3 is 2.37 bits per heavy atom. The third-order valence-corrected chi connectivity index (χ3v) is 4.13. The molecule has 0 aliphatic carbocycles. The average Bonchev–Trinajstić information content (AvgIpc) is 2.74. The predicted octanol–water partition coefficient (Wildman–Crippen LogP) is 1.94. The van der Waals surface area contributed by atoms with Crippen molar-refractivity contribution >= 4 is 18.1 Å². The zero-order chi connectivity index (χ0) is 13.8. The molecule has 1 fully saturated rings. The summed E-state index contributed by atoms with van der Waals surface area (Å²) in [6, 6.07) is 6.12. The molecule has 0 saturated carbocycles. The molecular formula is C14H19BN2O2. The predicted molar refractivity (Wildman–Crippen MR) is 75.6 cm³/mol. The van der Waals surface area contributed by atoms with Gasteiger partial charge in [-0.3, -0.25) is 0 Å². The van der Waals surface area contributed by atoms with Crippen molar-refractivity contribution in [1.29, 1.82) is 0 Å². The molecule has 2 aromatic heterocycles. The number of rotatable bonds is 1.